The number of nitrogens with one attached hydrogen (secondary N) is 2. The predicted molar refractivity (Wildman–Crippen MR) is 76.6 cm³/mol. The van der Waals surface area contributed by atoms with E-state index in [0.717, 1.165) is 17.9 Å². The molecule has 1 aromatic rings. The minimum Gasteiger partial charge on any atom is -0.380 e. The summed E-state index contributed by atoms with van der Waals surface area (Å²) in [4.78, 5) is 10.9. The standard InChI is InChI=1S/C12H17N3O2S/c1-2-13-10-4-3-5-11(12(10)15(16)17)14-9-6-7-18-8-9/h3-5,9,13-14H,2,6-8H2,1H3. The van der Waals surface area contributed by atoms with Crippen LogP contribution < -0.4 is 10.6 Å². The second kappa shape index (κ2) is 5.95. The number of nitro benzene ring substituents is 1. The zero-order chi connectivity index (χ0) is 13.0. The molecule has 0 aromatic heterocycles. The van der Waals surface area contributed by atoms with Gasteiger partial charge >= 0.3 is 5.69 Å². The van der Waals surface area contributed by atoms with E-state index >= 15 is 0 Å². The summed E-state index contributed by atoms with van der Waals surface area (Å²) in [5.41, 5.74) is 1.35. The van der Waals surface area contributed by atoms with Gasteiger partial charge in [0, 0.05) is 18.3 Å². The molecule has 1 aliphatic rings. The van der Waals surface area contributed by atoms with Crippen LogP contribution in [-0.4, -0.2) is 29.0 Å². The fraction of sp³-hybridized carbons (Fsp3) is 0.500. The lowest BCUT2D eigenvalue weighted by Crippen LogP contribution is -2.19. The van der Waals surface area contributed by atoms with E-state index in [1.165, 1.54) is 0 Å². The van der Waals surface area contributed by atoms with Crippen LogP contribution in [-0.2, 0) is 0 Å². The molecule has 1 heterocycles. The number of benzene rings is 1. The van der Waals surface area contributed by atoms with Gasteiger partial charge in [-0.2, -0.15) is 11.8 Å². The Morgan fingerprint density at radius 1 is 1.50 bits per heavy atom. The molecule has 1 aliphatic heterocycles. The van der Waals surface area contributed by atoms with Crippen molar-refractivity contribution < 1.29 is 4.92 Å². The van der Waals surface area contributed by atoms with E-state index in [-0.39, 0.29) is 10.6 Å². The van der Waals surface area contributed by atoms with Crippen LogP contribution in [0.2, 0.25) is 0 Å². The Morgan fingerprint density at radius 2 is 2.28 bits per heavy atom. The van der Waals surface area contributed by atoms with E-state index in [0.29, 0.717) is 24.0 Å². The van der Waals surface area contributed by atoms with E-state index in [1.54, 1.807) is 12.1 Å². The quantitative estimate of drug-likeness (QED) is 0.634. The Morgan fingerprint density at radius 3 is 2.89 bits per heavy atom. The Bertz CT molecular complexity index is 433. The molecule has 0 spiro atoms. The topological polar surface area (TPSA) is 67.2 Å². The first-order valence-corrected chi connectivity index (χ1v) is 7.23. The maximum Gasteiger partial charge on any atom is 0.315 e. The van der Waals surface area contributed by atoms with Crippen molar-refractivity contribution in [3.63, 3.8) is 0 Å². The van der Waals surface area contributed by atoms with Crippen molar-refractivity contribution in [1.29, 1.82) is 0 Å². The van der Waals surface area contributed by atoms with E-state index in [4.69, 9.17) is 0 Å². The lowest BCUT2D eigenvalue weighted by atomic mass is 10.2. The molecule has 1 aromatic carbocycles. The van der Waals surface area contributed by atoms with Gasteiger partial charge in [0.05, 0.1) is 4.92 Å². The van der Waals surface area contributed by atoms with Crippen molar-refractivity contribution in [2.45, 2.75) is 19.4 Å². The van der Waals surface area contributed by atoms with E-state index in [1.807, 2.05) is 24.8 Å². The highest BCUT2D eigenvalue weighted by Crippen LogP contribution is 2.34. The lowest BCUT2D eigenvalue weighted by Gasteiger charge is -2.14. The summed E-state index contributed by atoms with van der Waals surface area (Å²) in [5, 5.41) is 17.5. The second-order valence-electron chi connectivity index (χ2n) is 4.19. The average molecular weight is 267 g/mol. The van der Waals surface area contributed by atoms with Gasteiger partial charge < -0.3 is 10.6 Å². The Balaban J connectivity index is 2.26. The molecule has 0 amide bonds. The highest BCUT2D eigenvalue weighted by molar-refractivity contribution is 7.99. The van der Waals surface area contributed by atoms with Gasteiger partial charge in [-0.25, -0.2) is 0 Å². The van der Waals surface area contributed by atoms with Crippen LogP contribution in [0.3, 0.4) is 0 Å². The molecule has 18 heavy (non-hydrogen) atoms. The first-order valence-electron chi connectivity index (χ1n) is 6.08. The fourth-order valence-electron chi connectivity index (χ4n) is 2.06. The molecule has 0 saturated carbocycles. The number of nitro groups is 1. The van der Waals surface area contributed by atoms with Gasteiger partial charge in [0.2, 0.25) is 0 Å². The van der Waals surface area contributed by atoms with Crippen LogP contribution >= 0.6 is 11.8 Å². The van der Waals surface area contributed by atoms with Gasteiger partial charge in [0.1, 0.15) is 11.4 Å². The Kier molecular flexibility index (Phi) is 4.30. The third-order valence-corrected chi connectivity index (χ3v) is 4.04. The first-order chi connectivity index (χ1) is 8.72. The lowest BCUT2D eigenvalue weighted by molar-refractivity contribution is -0.383. The van der Waals surface area contributed by atoms with E-state index in [2.05, 4.69) is 10.6 Å². The van der Waals surface area contributed by atoms with Crippen molar-refractivity contribution in [3.8, 4) is 0 Å². The van der Waals surface area contributed by atoms with Crippen molar-refractivity contribution in [2.75, 3.05) is 28.7 Å². The molecular weight excluding hydrogens is 250 g/mol. The maximum atomic E-state index is 11.2. The summed E-state index contributed by atoms with van der Waals surface area (Å²) in [7, 11) is 0. The predicted octanol–water partition coefficient (Wildman–Crippen LogP) is 2.94. The molecule has 6 heteroatoms. The molecule has 1 fully saturated rings. The van der Waals surface area contributed by atoms with Gasteiger partial charge in [0.15, 0.2) is 0 Å². The number of hydrogen-bond donors (Lipinski definition) is 2. The number of hydrogen-bond acceptors (Lipinski definition) is 5. The van der Waals surface area contributed by atoms with Crippen molar-refractivity contribution in [3.05, 3.63) is 28.3 Å². The zero-order valence-corrected chi connectivity index (χ0v) is 11.1. The number of rotatable bonds is 5. The molecule has 0 radical (unpaired) electrons. The monoisotopic (exact) mass is 267 g/mol. The summed E-state index contributed by atoms with van der Waals surface area (Å²) >= 11 is 1.88. The SMILES string of the molecule is CCNc1cccc(NC2CCSC2)c1[N+](=O)[O-]. The van der Waals surface area contributed by atoms with E-state index < -0.39 is 0 Å². The number of anilines is 2. The van der Waals surface area contributed by atoms with Crippen LogP contribution in [0.25, 0.3) is 0 Å². The van der Waals surface area contributed by atoms with Gasteiger partial charge in [-0.15, -0.1) is 0 Å². The van der Waals surface area contributed by atoms with Crippen LogP contribution in [0.1, 0.15) is 13.3 Å². The van der Waals surface area contributed by atoms with Gasteiger partial charge in [-0.3, -0.25) is 10.1 Å². The minimum absolute atomic E-state index is 0.149. The number of nitrogens with zero attached hydrogens (tertiary/aromatic N) is 1. The van der Waals surface area contributed by atoms with Crippen molar-refractivity contribution in [2.24, 2.45) is 0 Å². The second-order valence-corrected chi connectivity index (χ2v) is 5.34. The normalized spacial score (nSPS) is 18.6. The molecule has 1 atom stereocenters. The molecule has 0 bridgehead atoms. The third-order valence-electron chi connectivity index (χ3n) is 2.88. The average Bonchev–Trinajstić information content (AvgIpc) is 2.82. The molecule has 2 rings (SSSR count). The Hall–Kier alpha value is -1.43. The molecule has 0 aliphatic carbocycles. The van der Waals surface area contributed by atoms with Crippen LogP contribution in [0.15, 0.2) is 18.2 Å². The molecule has 5 nitrogen and oxygen atoms in total. The molecule has 98 valence electrons. The third kappa shape index (κ3) is 2.87. The number of thioether (sulfide) groups is 1. The number of para-hydroxylation sites is 1. The summed E-state index contributed by atoms with van der Waals surface area (Å²) in [6.45, 7) is 2.60. The molecule has 1 saturated heterocycles. The summed E-state index contributed by atoms with van der Waals surface area (Å²) in [6.07, 6.45) is 1.06. The van der Waals surface area contributed by atoms with Crippen molar-refractivity contribution >= 4 is 28.8 Å². The Labute approximate surface area is 110 Å². The fourth-order valence-corrected chi connectivity index (χ4v) is 3.21. The minimum atomic E-state index is -0.317. The van der Waals surface area contributed by atoms with Gasteiger partial charge in [-0.05, 0) is 31.2 Å². The molecule has 1 unspecified atom stereocenters. The van der Waals surface area contributed by atoms with Crippen LogP contribution in [0.4, 0.5) is 17.1 Å². The highest BCUT2D eigenvalue weighted by atomic mass is 32.2. The summed E-state index contributed by atoms with van der Waals surface area (Å²) < 4.78 is 0. The zero-order valence-electron chi connectivity index (χ0n) is 10.3. The van der Waals surface area contributed by atoms with E-state index in [9.17, 15) is 10.1 Å². The van der Waals surface area contributed by atoms with Crippen LogP contribution in [0.5, 0.6) is 0 Å². The molecular formula is C12H17N3O2S. The van der Waals surface area contributed by atoms with Gasteiger partial charge in [-0.1, -0.05) is 6.07 Å². The maximum absolute atomic E-state index is 11.2. The first kappa shape index (κ1) is 13.0. The van der Waals surface area contributed by atoms with Gasteiger partial charge in [0.25, 0.3) is 0 Å². The summed E-state index contributed by atoms with van der Waals surface area (Å²) in [6, 6.07) is 5.71. The molecule has 2 N–H and O–H groups in total. The summed E-state index contributed by atoms with van der Waals surface area (Å²) in [5.74, 6) is 2.14. The largest absolute Gasteiger partial charge is 0.380 e. The smallest absolute Gasteiger partial charge is 0.315 e. The highest BCUT2D eigenvalue weighted by Gasteiger charge is 2.23. The van der Waals surface area contributed by atoms with Crippen LogP contribution in [0, 0.1) is 10.1 Å². The van der Waals surface area contributed by atoms with Crippen molar-refractivity contribution in [1.82, 2.24) is 0 Å².